The number of Topliss-reactive ketones (excluding diaryl/α,β-unsaturated/α-hetero) is 1. The van der Waals surface area contributed by atoms with Gasteiger partial charge in [-0.1, -0.05) is 13.3 Å². The van der Waals surface area contributed by atoms with E-state index in [1.54, 1.807) is 0 Å². The first-order valence-electron chi connectivity index (χ1n) is 2.92. The SMILES string of the molecule is CCCCC(=O)C([O])=O. The molecular formula is C6H9O3. The summed E-state index contributed by atoms with van der Waals surface area (Å²) in [4.78, 5) is 20.0. The third-order valence-corrected chi connectivity index (χ3v) is 0.985. The van der Waals surface area contributed by atoms with Crippen molar-refractivity contribution in [2.75, 3.05) is 0 Å². The Morgan fingerprint density at radius 2 is 1.89 bits per heavy atom. The van der Waals surface area contributed by atoms with Gasteiger partial charge in [-0.05, 0) is 6.42 Å². The Hall–Kier alpha value is -0.860. The Kier molecular flexibility index (Phi) is 3.67. The van der Waals surface area contributed by atoms with E-state index in [4.69, 9.17) is 0 Å². The van der Waals surface area contributed by atoms with Gasteiger partial charge < -0.3 is 0 Å². The van der Waals surface area contributed by atoms with E-state index in [0.717, 1.165) is 6.42 Å². The average Bonchev–Trinajstić information content (AvgIpc) is 1.82. The average molecular weight is 129 g/mol. The summed E-state index contributed by atoms with van der Waals surface area (Å²) in [5.74, 6) is -2.36. The third-order valence-electron chi connectivity index (χ3n) is 0.985. The minimum atomic E-state index is -1.57. The smallest absolute Gasteiger partial charge is 0.287 e. The lowest BCUT2D eigenvalue weighted by molar-refractivity contribution is -0.153. The second-order valence-electron chi connectivity index (χ2n) is 1.81. The van der Waals surface area contributed by atoms with Crippen LogP contribution in [0.4, 0.5) is 0 Å². The fourth-order valence-electron chi connectivity index (χ4n) is 0.439. The van der Waals surface area contributed by atoms with E-state index < -0.39 is 11.8 Å². The van der Waals surface area contributed by atoms with E-state index in [-0.39, 0.29) is 6.42 Å². The minimum Gasteiger partial charge on any atom is -0.287 e. The van der Waals surface area contributed by atoms with Crippen LogP contribution in [0.5, 0.6) is 0 Å². The monoisotopic (exact) mass is 129 g/mol. The second-order valence-corrected chi connectivity index (χ2v) is 1.81. The summed E-state index contributed by atoms with van der Waals surface area (Å²) in [5.41, 5.74) is 0. The maximum Gasteiger partial charge on any atom is 0.421 e. The van der Waals surface area contributed by atoms with Crippen LogP contribution in [0.1, 0.15) is 26.2 Å². The van der Waals surface area contributed by atoms with Crippen LogP contribution in [0.25, 0.3) is 0 Å². The molecule has 0 heterocycles. The molecule has 0 aromatic carbocycles. The van der Waals surface area contributed by atoms with E-state index in [1.807, 2.05) is 6.92 Å². The van der Waals surface area contributed by atoms with Crippen LogP contribution >= 0.6 is 0 Å². The molecule has 0 spiro atoms. The van der Waals surface area contributed by atoms with Crippen molar-refractivity contribution in [3.63, 3.8) is 0 Å². The molecule has 0 aliphatic rings. The van der Waals surface area contributed by atoms with Crippen molar-refractivity contribution in [2.24, 2.45) is 0 Å². The summed E-state index contributed by atoms with van der Waals surface area (Å²) in [6.45, 7) is 1.89. The van der Waals surface area contributed by atoms with Gasteiger partial charge in [0.1, 0.15) is 0 Å². The van der Waals surface area contributed by atoms with E-state index in [1.165, 1.54) is 0 Å². The fraction of sp³-hybridized carbons (Fsp3) is 0.667. The van der Waals surface area contributed by atoms with Gasteiger partial charge in [0.2, 0.25) is 5.78 Å². The predicted molar refractivity (Wildman–Crippen MR) is 30.2 cm³/mol. The molecule has 0 amide bonds. The molecule has 0 saturated heterocycles. The van der Waals surface area contributed by atoms with Crippen LogP contribution in [0, 0.1) is 0 Å². The minimum absolute atomic E-state index is 0.110. The molecule has 0 saturated carbocycles. The van der Waals surface area contributed by atoms with Crippen molar-refractivity contribution in [3.8, 4) is 0 Å². The molecule has 51 valence electrons. The van der Waals surface area contributed by atoms with Crippen LogP contribution in [0.3, 0.4) is 0 Å². The molecule has 0 atom stereocenters. The maximum atomic E-state index is 10.2. The molecule has 0 fully saturated rings. The first kappa shape index (κ1) is 8.14. The molecule has 0 bridgehead atoms. The Morgan fingerprint density at radius 3 is 2.22 bits per heavy atom. The molecule has 3 heteroatoms. The van der Waals surface area contributed by atoms with Gasteiger partial charge in [-0.2, -0.15) is 0 Å². The molecule has 3 nitrogen and oxygen atoms in total. The molecule has 0 aliphatic carbocycles. The van der Waals surface area contributed by atoms with Gasteiger partial charge in [-0.25, -0.2) is 9.90 Å². The van der Waals surface area contributed by atoms with E-state index in [2.05, 4.69) is 0 Å². The molecule has 9 heavy (non-hydrogen) atoms. The number of ketones is 1. The standard InChI is InChI=1S/C6H9O3/c1-2-3-4-5(7)6(8)9/h2-4H2,1H3. The summed E-state index contributed by atoms with van der Waals surface area (Å²) >= 11 is 0. The van der Waals surface area contributed by atoms with Crippen LogP contribution in [-0.4, -0.2) is 11.8 Å². The van der Waals surface area contributed by atoms with Gasteiger partial charge in [0.25, 0.3) is 0 Å². The number of carbonyl (C=O) groups excluding carboxylic acids is 2. The molecule has 0 unspecified atom stereocenters. The molecule has 1 radical (unpaired) electrons. The van der Waals surface area contributed by atoms with E-state index in [9.17, 15) is 14.7 Å². The summed E-state index contributed by atoms with van der Waals surface area (Å²) in [6, 6.07) is 0. The van der Waals surface area contributed by atoms with Gasteiger partial charge in [-0.15, -0.1) is 0 Å². The first-order valence-corrected chi connectivity index (χ1v) is 2.92. The quantitative estimate of drug-likeness (QED) is 0.524. The normalized spacial score (nSPS) is 9.00. The van der Waals surface area contributed by atoms with Gasteiger partial charge >= 0.3 is 5.97 Å². The predicted octanol–water partition coefficient (Wildman–Crippen LogP) is 0.703. The lowest BCUT2D eigenvalue weighted by Crippen LogP contribution is -2.09. The zero-order chi connectivity index (χ0) is 7.28. The highest BCUT2D eigenvalue weighted by atomic mass is 16.4. The summed E-state index contributed by atoms with van der Waals surface area (Å²) in [5, 5.41) is 9.74. The third kappa shape index (κ3) is 3.70. The van der Waals surface area contributed by atoms with E-state index in [0.29, 0.717) is 6.42 Å². The fourth-order valence-corrected chi connectivity index (χ4v) is 0.439. The second kappa shape index (κ2) is 4.06. The highest BCUT2D eigenvalue weighted by Crippen LogP contribution is 1.94. The van der Waals surface area contributed by atoms with Crippen LogP contribution in [0.2, 0.25) is 0 Å². The topological polar surface area (TPSA) is 54.0 Å². The lowest BCUT2D eigenvalue weighted by Gasteiger charge is -1.87. The summed E-state index contributed by atoms with van der Waals surface area (Å²) in [6.07, 6.45) is 1.57. The zero-order valence-electron chi connectivity index (χ0n) is 5.35. The Labute approximate surface area is 53.7 Å². The number of carbonyl (C=O) groups is 2. The van der Waals surface area contributed by atoms with Crippen LogP contribution in [-0.2, 0) is 14.7 Å². The van der Waals surface area contributed by atoms with Gasteiger partial charge in [-0.3, -0.25) is 4.79 Å². The van der Waals surface area contributed by atoms with E-state index >= 15 is 0 Å². The maximum absolute atomic E-state index is 10.2. The first-order chi connectivity index (χ1) is 4.18. The van der Waals surface area contributed by atoms with Crippen LogP contribution in [0.15, 0.2) is 0 Å². The largest absolute Gasteiger partial charge is 0.421 e. The Balaban J connectivity index is 3.39. The molecule has 0 N–H and O–H groups in total. The van der Waals surface area contributed by atoms with Gasteiger partial charge in [0, 0.05) is 6.42 Å². The highest BCUT2D eigenvalue weighted by molar-refractivity contribution is 6.32. The Morgan fingerprint density at radius 1 is 1.33 bits per heavy atom. The zero-order valence-corrected chi connectivity index (χ0v) is 5.35. The van der Waals surface area contributed by atoms with Crippen molar-refractivity contribution >= 4 is 11.8 Å². The number of unbranched alkanes of at least 4 members (excludes halogenated alkanes) is 1. The lowest BCUT2D eigenvalue weighted by atomic mass is 10.2. The molecule has 0 aromatic heterocycles. The van der Waals surface area contributed by atoms with Crippen molar-refractivity contribution in [1.29, 1.82) is 0 Å². The van der Waals surface area contributed by atoms with Crippen molar-refractivity contribution in [3.05, 3.63) is 0 Å². The van der Waals surface area contributed by atoms with Crippen LogP contribution < -0.4 is 0 Å². The van der Waals surface area contributed by atoms with Crippen molar-refractivity contribution in [2.45, 2.75) is 26.2 Å². The number of hydrogen-bond acceptors (Lipinski definition) is 2. The van der Waals surface area contributed by atoms with Gasteiger partial charge in [0.15, 0.2) is 0 Å². The number of hydrogen-bond donors (Lipinski definition) is 0. The summed E-state index contributed by atoms with van der Waals surface area (Å²) < 4.78 is 0. The van der Waals surface area contributed by atoms with Gasteiger partial charge in [0.05, 0.1) is 0 Å². The van der Waals surface area contributed by atoms with Crippen molar-refractivity contribution in [1.82, 2.24) is 0 Å². The summed E-state index contributed by atoms with van der Waals surface area (Å²) in [7, 11) is 0. The molecular weight excluding hydrogens is 120 g/mol. The molecule has 0 aliphatic heterocycles. The molecule has 0 rings (SSSR count). The number of rotatable bonds is 4. The van der Waals surface area contributed by atoms with Crippen molar-refractivity contribution < 1.29 is 14.7 Å². The highest BCUT2D eigenvalue weighted by Gasteiger charge is 2.11. The molecule has 0 aromatic rings. The Bertz CT molecular complexity index is 117.